The van der Waals surface area contributed by atoms with Crippen LogP contribution < -0.4 is 5.32 Å². The lowest BCUT2D eigenvalue weighted by Gasteiger charge is -2.29. The standard InChI is InChI=1S/C22H29ClN2O3S/c1-17(14-22(2,3)19-11-6-5-7-12-19)24-21(26)16-25(29(4,27)28)15-18-10-8-9-13-20(18)23/h5-13,17H,14-16H2,1-4H3,(H,24,26)/t17-/m1/s1. The molecule has 0 spiro atoms. The SMILES string of the molecule is C[C@H](CC(C)(C)c1ccccc1)NC(=O)CN(Cc1ccccc1Cl)S(C)(=O)=O. The molecule has 0 aliphatic heterocycles. The van der Waals surface area contributed by atoms with Crippen LogP contribution in [0.3, 0.4) is 0 Å². The van der Waals surface area contributed by atoms with Crippen LogP contribution in [0.4, 0.5) is 0 Å². The lowest BCUT2D eigenvalue weighted by atomic mass is 9.79. The second kappa shape index (κ2) is 9.74. The third-order valence-corrected chi connectivity index (χ3v) is 6.44. The molecule has 0 aliphatic rings. The van der Waals surface area contributed by atoms with E-state index in [2.05, 4.69) is 31.3 Å². The van der Waals surface area contributed by atoms with E-state index in [-0.39, 0.29) is 30.5 Å². The molecule has 2 aromatic rings. The van der Waals surface area contributed by atoms with Crippen molar-refractivity contribution in [3.8, 4) is 0 Å². The minimum atomic E-state index is -3.57. The van der Waals surface area contributed by atoms with Gasteiger partial charge in [-0.3, -0.25) is 4.79 Å². The highest BCUT2D eigenvalue weighted by atomic mass is 35.5. The highest BCUT2D eigenvalue weighted by Crippen LogP contribution is 2.28. The molecule has 158 valence electrons. The predicted octanol–water partition coefficient (Wildman–Crippen LogP) is 3.97. The molecule has 0 bridgehead atoms. The first-order valence-corrected chi connectivity index (χ1v) is 11.7. The summed E-state index contributed by atoms with van der Waals surface area (Å²) in [6.45, 7) is 5.99. The number of benzene rings is 2. The fraction of sp³-hybridized carbons (Fsp3) is 0.409. The van der Waals surface area contributed by atoms with Crippen LogP contribution in [0.1, 0.15) is 38.3 Å². The Labute approximate surface area is 179 Å². The van der Waals surface area contributed by atoms with Crippen molar-refractivity contribution in [2.24, 2.45) is 0 Å². The van der Waals surface area contributed by atoms with Crippen LogP contribution in [0.5, 0.6) is 0 Å². The Bertz CT molecular complexity index is 930. The number of carbonyl (C=O) groups is 1. The minimum Gasteiger partial charge on any atom is -0.352 e. The first kappa shape index (κ1) is 23.4. The highest BCUT2D eigenvalue weighted by Gasteiger charge is 2.26. The van der Waals surface area contributed by atoms with Gasteiger partial charge in [-0.1, -0.05) is 74.0 Å². The molecule has 0 aliphatic carbocycles. The van der Waals surface area contributed by atoms with Crippen LogP contribution in [-0.4, -0.2) is 37.5 Å². The third kappa shape index (κ3) is 7.14. The number of nitrogens with one attached hydrogen (secondary N) is 1. The number of hydrogen-bond acceptors (Lipinski definition) is 3. The Kier molecular flexibility index (Phi) is 7.86. The van der Waals surface area contributed by atoms with Gasteiger partial charge < -0.3 is 5.32 Å². The van der Waals surface area contributed by atoms with Gasteiger partial charge in [0.2, 0.25) is 15.9 Å². The van der Waals surface area contributed by atoms with Gasteiger partial charge in [-0.25, -0.2) is 8.42 Å². The quantitative estimate of drug-likeness (QED) is 0.646. The number of halogens is 1. The van der Waals surface area contributed by atoms with Crippen molar-refractivity contribution in [2.45, 2.75) is 45.2 Å². The maximum atomic E-state index is 12.6. The zero-order chi connectivity index (χ0) is 21.7. The molecule has 5 nitrogen and oxygen atoms in total. The van der Waals surface area contributed by atoms with E-state index in [9.17, 15) is 13.2 Å². The first-order chi connectivity index (χ1) is 13.5. The van der Waals surface area contributed by atoms with Gasteiger partial charge in [0, 0.05) is 17.6 Å². The maximum absolute atomic E-state index is 12.6. The molecule has 0 radical (unpaired) electrons. The molecule has 29 heavy (non-hydrogen) atoms. The number of nitrogens with zero attached hydrogens (tertiary/aromatic N) is 1. The van der Waals surface area contributed by atoms with E-state index in [0.29, 0.717) is 10.6 Å². The van der Waals surface area contributed by atoms with Crippen molar-refractivity contribution in [2.75, 3.05) is 12.8 Å². The van der Waals surface area contributed by atoms with Gasteiger partial charge in [0.25, 0.3) is 0 Å². The summed E-state index contributed by atoms with van der Waals surface area (Å²) in [4.78, 5) is 12.6. The van der Waals surface area contributed by atoms with E-state index in [1.165, 1.54) is 5.56 Å². The van der Waals surface area contributed by atoms with Crippen LogP contribution in [-0.2, 0) is 26.8 Å². The van der Waals surface area contributed by atoms with Gasteiger partial charge in [-0.15, -0.1) is 0 Å². The molecule has 2 rings (SSSR count). The molecule has 0 unspecified atom stereocenters. The Balaban J connectivity index is 2.01. The average Bonchev–Trinajstić information content (AvgIpc) is 2.62. The zero-order valence-electron chi connectivity index (χ0n) is 17.4. The normalized spacial score (nSPS) is 13.3. The Hall–Kier alpha value is -1.89. The van der Waals surface area contributed by atoms with Crippen molar-refractivity contribution < 1.29 is 13.2 Å². The topological polar surface area (TPSA) is 66.5 Å². The van der Waals surface area contributed by atoms with Crippen molar-refractivity contribution >= 4 is 27.5 Å². The fourth-order valence-electron chi connectivity index (χ4n) is 3.41. The molecule has 0 heterocycles. The molecule has 1 amide bonds. The van der Waals surface area contributed by atoms with Crippen LogP contribution in [0, 0.1) is 0 Å². The summed E-state index contributed by atoms with van der Waals surface area (Å²) in [7, 11) is -3.57. The minimum absolute atomic E-state index is 0.0514. The smallest absolute Gasteiger partial charge is 0.235 e. The Morgan fingerprint density at radius 1 is 1.10 bits per heavy atom. The molecule has 0 fully saturated rings. The van der Waals surface area contributed by atoms with Crippen LogP contribution in [0.25, 0.3) is 0 Å². The van der Waals surface area contributed by atoms with Crippen molar-refractivity contribution in [3.63, 3.8) is 0 Å². The van der Waals surface area contributed by atoms with Crippen molar-refractivity contribution in [3.05, 3.63) is 70.7 Å². The summed E-state index contributed by atoms with van der Waals surface area (Å²) in [6.07, 6.45) is 1.82. The number of amides is 1. The summed E-state index contributed by atoms with van der Waals surface area (Å²) >= 11 is 6.15. The van der Waals surface area contributed by atoms with Gasteiger partial charge in [-0.05, 0) is 36.0 Å². The molecule has 0 saturated heterocycles. The second-order valence-electron chi connectivity index (χ2n) is 8.05. The average molecular weight is 437 g/mol. The predicted molar refractivity (Wildman–Crippen MR) is 118 cm³/mol. The van der Waals surface area contributed by atoms with E-state index in [0.717, 1.165) is 17.0 Å². The van der Waals surface area contributed by atoms with Gasteiger partial charge in [0.1, 0.15) is 0 Å². The van der Waals surface area contributed by atoms with Crippen LogP contribution >= 0.6 is 11.6 Å². The lowest BCUT2D eigenvalue weighted by molar-refractivity contribution is -0.122. The first-order valence-electron chi connectivity index (χ1n) is 9.52. The highest BCUT2D eigenvalue weighted by molar-refractivity contribution is 7.88. The summed E-state index contributed by atoms with van der Waals surface area (Å²) in [6, 6.07) is 17.0. The number of hydrogen-bond donors (Lipinski definition) is 1. The molecule has 0 saturated carbocycles. The summed E-state index contributed by atoms with van der Waals surface area (Å²) < 4.78 is 25.5. The van der Waals surface area contributed by atoms with E-state index >= 15 is 0 Å². The van der Waals surface area contributed by atoms with E-state index < -0.39 is 10.0 Å². The molecule has 0 aromatic heterocycles. The summed E-state index contributed by atoms with van der Waals surface area (Å²) in [5.41, 5.74) is 1.73. The molecular formula is C22H29ClN2O3S. The van der Waals surface area contributed by atoms with Crippen molar-refractivity contribution in [1.29, 1.82) is 0 Å². The molecule has 1 atom stereocenters. The van der Waals surface area contributed by atoms with Crippen LogP contribution in [0.2, 0.25) is 5.02 Å². The molecular weight excluding hydrogens is 408 g/mol. The Morgan fingerprint density at radius 3 is 2.28 bits per heavy atom. The lowest BCUT2D eigenvalue weighted by Crippen LogP contribution is -2.44. The third-order valence-electron chi connectivity index (χ3n) is 4.87. The van der Waals surface area contributed by atoms with Gasteiger partial charge >= 0.3 is 0 Å². The number of sulfonamides is 1. The second-order valence-corrected chi connectivity index (χ2v) is 10.4. The maximum Gasteiger partial charge on any atom is 0.235 e. The largest absolute Gasteiger partial charge is 0.352 e. The Morgan fingerprint density at radius 2 is 1.69 bits per heavy atom. The zero-order valence-corrected chi connectivity index (χ0v) is 18.9. The van der Waals surface area contributed by atoms with Crippen molar-refractivity contribution in [1.82, 2.24) is 9.62 Å². The van der Waals surface area contributed by atoms with E-state index in [4.69, 9.17) is 11.6 Å². The molecule has 2 aromatic carbocycles. The molecule has 1 N–H and O–H groups in total. The molecule has 7 heteroatoms. The number of rotatable bonds is 9. The van der Waals surface area contributed by atoms with E-state index in [1.54, 1.807) is 24.3 Å². The summed E-state index contributed by atoms with van der Waals surface area (Å²) in [5, 5.41) is 3.40. The van der Waals surface area contributed by atoms with Gasteiger partial charge in [0.05, 0.1) is 12.8 Å². The summed E-state index contributed by atoms with van der Waals surface area (Å²) in [5.74, 6) is -0.334. The fourth-order valence-corrected chi connectivity index (χ4v) is 4.33. The number of carbonyl (C=O) groups excluding carboxylic acids is 1. The van der Waals surface area contributed by atoms with Gasteiger partial charge in [-0.2, -0.15) is 4.31 Å². The monoisotopic (exact) mass is 436 g/mol. The van der Waals surface area contributed by atoms with Crippen LogP contribution in [0.15, 0.2) is 54.6 Å². The van der Waals surface area contributed by atoms with Gasteiger partial charge in [0.15, 0.2) is 0 Å². The van der Waals surface area contributed by atoms with E-state index in [1.807, 2.05) is 25.1 Å².